The maximum Gasteiger partial charge on any atom is 0.261 e. The van der Waals surface area contributed by atoms with E-state index in [4.69, 9.17) is 0 Å². The van der Waals surface area contributed by atoms with Crippen LogP contribution in [0.15, 0.2) is 66.2 Å². The van der Waals surface area contributed by atoms with Gasteiger partial charge in [-0.1, -0.05) is 36.4 Å². The van der Waals surface area contributed by atoms with E-state index < -0.39 is 5.82 Å². The number of carbonyl (C=O) groups is 1. The highest BCUT2D eigenvalue weighted by atomic mass is 32.1. The van der Waals surface area contributed by atoms with Crippen molar-refractivity contribution in [2.24, 2.45) is 0 Å². The zero-order valence-electron chi connectivity index (χ0n) is 17.5. The number of aryl methyl sites for hydroxylation is 1. The molecule has 2 aromatic carbocycles. The van der Waals surface area contributed by atoms with Crippen LogP contribution in [0.4, 0.5) is 9.52 Å². The molecule has 8 heteroatoms. The molecule has 5 aromatic rings. The Morgan fingerprint density at radius 1 is 1.06 bits per heavy atom. The second-order valence-corrected chi connectivity index (χ2v) is 8.74. The molecule has 162 valence electrons. The number of benzene rings is 2. The fourth-order valence-electron chi connectivity index (χ4n) is 4.24. The molecule has 1 amide bonds. The van der Waals surface area contributed by atoms with E-state index in [9.17, 15) is 9.18 Å². The lowest BCUT2D eigenvalue weighted by Gasteiger charge is -2.06. The Bertz CT molecular complexity index is 1520. The Labute approximate surface area is 192 Å². The highest BCUT2D eigenvalue weighted by Crippen LogP contribution is 2.32. The summed E-state index contributed by atoms with van der Waals surface area (Å²) in [6.07, 6.45) is 3.46. The normalized spacial score (nSPS) is 12.8. The third kappa shape index (κ3) is 3.48. The number of anilines is 1. The zero-order chi connectivity index (χ0) is 22.4. The van der Waals surface area contributed by atoms with Gasteiger partial charge in [-0.3, -0.25) is 19.8 Å². The summed E-state index contributed by atoms with van der Waals surface area (Å²) in [5.74, 6) is -0.731. The molecule has 33 heavy (non-hydrogen) atoms. The molecular formula is C25H18FN5OS. The topological polar surface area (TPSA) is 72.7 Å². The van der Waals surface area contributed by atoms with Crippen LogP contribution in [0.1, 0.15) is 22.5 Å². The van der Waals surface area contributed by atoms with Crippen LogP contribution in [0.3, 0.4) is 0 Å². The standard InChI is InChI=1S/C25H18FN5OS/c26-18-9-4-3-8-17(18)23-22(21-10-5-11-31(21)30-23)24(32)29-25-28-20(14-33-25)19-12-15-6-1-2-7-16(15)13-27-19/h1-4,6-9,12-14H,5,10-11H2,(H,28,29,32). The predicted molar refractivity (Wildman–Crippen MR) is 127 cm³/mol. The lowest BCUT2D eigenvalue weighted by atomic mass is 10.0. The summed E-state index contributed by atoms with van der Waals surface area (Å²) < 4.78 is 16.3. The highest BCUT2D eigenvalue weighted by molar-refractivity contribution is 7.14. The van der Waals surface area contributed by atoms with Crippen molar-refractivity contribution >= 4 is 33.1 Å². The SMILES string of the molecule is O=C(Nc1nc(-c2cc3ccccc3cn2)cs1)c1c(-c2ccccc2F)nn2c1CCC2. The van der Waals surface area contributed by atoms with E-state index in [-0.39, 0.29) is 5.91 Å². The maximum absolute atomic E-state index is 14.5. The summed E-state index contributed by atoms with van der Waals surface area (Å²) in [4.78, 5) is 22.4. The Morgan fingerprint density at radius 3 is 2.76 bits per heavy atom. The number of nitrogens with one attached hydrogen (secondary N) is 1. The fourth-order valence-corrected chi connectivity index (χ4v) is 4.94. The molecule has 0 radical (unpaired) electrons. The number of fused-ring (bicyclic) bond motifs is 2. The number of pyridine rings is 1. The van der Waals surface area contributed by atoms with Crippen molar-refractivity contribution in [1.82, 2.24) is 19.7 Å². The number of hydrogen-bond donors (Lipinski definition) is 1. The molecule has 1 N–H and O–H groups in total. The molecule has 4 heterocycles. The van der Waals surface area contributed by atoms with Gasteiger partial charge in [0.15, 0.2) is 5.13 Å². The van der Waals surface area contributed by atoms with E-state index in [0.717, 1.165) is 41.5 Å². The quantitative estimate of drug-likeness (QED) is 0.385. The minimum Gasteiger partial charge on any atom is -0.298 e. The van der Waals surface area contributed by atoms with Crippen molar-refractivity contribution in [3.8, 4) is 22.6 Å². The number of thiazole rings is 1. The first-order valence-corrected chi connectivity index (χ1v) is 11.5. The van der Waals surface area contributed by atoms with Gasteiger partial charge in [0.2, 0.25) is 0 Å². The molecule has 0 atom stereocenters. The highest BCUT2D eigenvalue weighted by Gasteiger charge is 2.29. The van der Waals surface area contributed by atoms with Crippen LogP contribution in [0.5, 0.6) is 0 Å². The number of aromatic nitrogens is 4. The van der Waals surface area contributed by atoms with Crippen LogP contribution < -0.4 is 5.32 Å². The van der Waals surface area contributed by atoms with E-state index in [0.29, 0.717) is 27.6 Å². The minimum absolute atomic E-state index is 0.324. The summed E-state index contributed by atoms with van der Waals surface area (Å²) in [7, 11) is 0. The van der Waals surface area contributed by atoms with Crippen molar-refractivity contribution in [3.63, 3.8) is 0 Å². The zero-order valence-corrected chi connectivity index (χ0v) is 18.3. The molecule has 0 spiro atoms. The Balaban J connectivity index is 1.33. The van der Waals surface area contributed by atoms with Crippen molar-refractivity contribution in [1.29, 1.82) is 0 Å². The summed E-state index contributed by atoms with van der Waals surface area (Å²) in [5.41, 5.74) is 3.37. The maximum atomic E-state index is 14.5. The summed E-state index contributed by atoms with van der Waals surface area (Å²) in [6, 6.07) is 16.4. The average molecular weight is 456 g/mol. The predicted octanol–water partition coefficient (Wildman–Crippen LogP) is 5.56. The molecule has 6 rings (SSSR count). The smallest absolute Gasteiger partial charge is 0.261 e. The van der Waals surface area contributed by atoms with Gasteiger partial charge in [0.05, 0.1) is 17.0 Å². The molecule has 1 aliphatic heterocycles. The molecule has 0 saturated carbocycles. The van der Waals surface area contributed by atoms with Gasteiger partial charge in [-0.2, -0.15) is 5.10 Å². The lowest BCUT2D eigenvalue weighted by molar-refractivity contribution is 0.102. The lowest BCUT2D eigenvalue weighted by Crippen LogP contribution is -2.14. The van der Waals surface area contributed by atoms with Gasteiger partial charge in [-0.25, -0.2) is 9.37 Å². The van der Waals surface area contributed by atoms with Gasteiger partial charge in [0.25, 0.3) is 5.91 Å². The molecular weight excluding hydrogens is 437 g/mol. The molecule has 0 saturated heterocycles. The largest absolute Gasteiger partial charge is 0.298 e. The number of amides is 1. The Hall–Kier alpha value is -3.91. The molecule has 3 aromatic heterocycles. The molecule has 0 unspecified atom stereocenters. The summed E-state index contributed by atoms with van der Waals surface area (Å²) in [6.45, 7) is 0.721. The number of hydrogen-bond acceptors (Lipinski definition) is 5. The molecule has 0 aliphatic carbocycles. The second-order valence-electron chi connectivity index (χ2n) is 7.89. The second kappa shape index (κ2) is 7.90. The third-order valence-electron chi connectivity index (χ3n) is 5.82. The van der Waals surface area contributed by atoms with Crippen LogP contribution in [-0.2, 0) is 13.0 Å². The van der Waals surface area contributed by atoms with Crippen molar-refractivity contribution in [3.05, 3.63) is 83.2 Å². The van der Waals surface area contributed by atoms with Gasteiger partial charge in [-0.05, 0) is 36.4 Å². The Kier molecular flexibility index (Phi) is 4.73. The number of nitrogens with zero attached hydrogens (tertiary/aromatic N) is 4. The molecule has 0 bridgehead atoms. The van der Waals surface area contributed by atoms with Gasteiger partial charge in [-0.15, -0.1) is 11.3 Å². The van der Waals surface area contributed by atoms with Gasteiger partial charge in [0.1, 0.15) is 17.2 Å². The monoisotopic (exact) mass is 455 g/mol. The van der Waals surface area contributed by atoms with E-state index in [2.05, 4.69) is 20.4 Å². The third-order valence-corrected chi connectivity index (χ3v) is 6.57. The minimum atomic E-state index is -0.401. The van der Waals surface area contributed by atoms with Gasteiger partial charge < -0.3 is 0 Å². The van der Waals surface area contributed by atoms with E-state index in [1.54, 1.807) is 18.2 Å². The number of carbonyl (C=O) groups excluding carboxylic acids is 1. The van der Waals surface area contributed by atoms with E-state index in [1.807, 2.05) is 46.6 Å². The average Bonchev–Trinajstić information content (AvgIpc) is 3.55. The first-order chi connectivity index (χ1) is 16.2. The first kappa shape index (κ1) is 19.8. The van der Waals surface area contributed by atoms with Gasteiger partial charge >= 0.3 is 0 Å². The van der Waals surface area contributed by atoms with Gasteiger partial charge in [0, 0.05) is 29.1 Å². The number of rotatable bonds is 4. The van der Waals surface area contributed by atoms with Crippen molar-refractivity contribution in [2.45, 2.75) is 19.4 Å². The van der Waals surface area contributed by atoms with E-state index in [1.165, 1.54) is 17.4 Å². The number of halogens is 1. The fraction of sp³-hybridized carbons (Fsp3) is 0.120. The molecule has 0 fully saturated rings. The van der Waals surface area contributed by atoms with Crippen LogP contribution in [-0.4, -0.2) is 25.7 Å². The van der Waals surface area contributed by atoms with Crippen LogP contribution in [0, 0.1) is 5.82 Å². The van der Waals surface area contributed by atoms with Crippen molar-refractivity contribution in [2.75, 3.05) is 5.32 Å². The van der Waals surface area contributed by atoms with Crippen LogP contribution >= 0.6 is 11.3 Å². The summed E-state index contributed by atoms with van der Waals surface area (Å²) >= 11 is 1.33. The Morgan fingerprint density at radius 2 is 1.88 bits per heavy atom. The van der Waals surface area contributed by atoms with Crippen LogP contribution in [0.2, 0.25) is 0 Å². The summed E-state index contributed by atoms with van der Waals surface area (Å²) in [5, 5.41) is 11.9. The van der Waals surface area contributed by atoms with Crippen molar-refractivity contribution < 1.29 is 9.18 Å². The molecule has 1 aliphatic rings. The first-order valence-electron chi connectivity index (χ1n) is 10.6. The van der Waals surface area contributed by atoms with Crippen LogP contribution in [0.25, 0.3) is 33.4 Å². The molecule has 6 nitrogen and oxygen atoms in total. The van der Waals surface area contributed by atoms with E-state index >= 15 is 0 Å².